The SMILES string of the molecule is Cc1noc(-c2ccc(-c3ccc(Oc4ccsc4C(=O)O)cc3)cc2)c1NC(=O)O[C@H](C)c1ccccc1. The van der Waals surface area contributed by atoms with Crippen molar-refractivity contribution in [1.29, 1.82) is 0 Å². The normalized spacial score (nSPS) is 11.5. The average Bonchev–Trinajstić information content (AvgIpc) is 3.56. The second-order valence-electron chi connectivity index (χ2n) is 8.68. The number of ether oxygens (including phenoxy) is 2. The van der Waals surface area contributed by atoms with Gasteiger partial charge in [0.05, 0.1) is 0 Å². The molecule has 2 heterocycles. The van der Waals surface area contributed by atoms with Crippen molar-refractivity contribution in [3.8, 4) is 33.9 Å². The average molecular weight is 541 g/mol. The van der Waals surface area contributed by atoms with Crippen LogP contribution in [-0.4, -0.2) is 22.3 Å². The van der Waals surface area contributed by atoms with Crippen molar-refractivity contribution >= 4 is 29.1 Å². The lowest BCUT2D eigenvalue weighted by Gasteiger charge is -2.14. The van der Waals surface area contributed by atoms with Crippen LogP contribution < -0.4 is 10.1 Å². The lowest BCUT2D eigenvalue weighted by atomic mass is 10.0. The number of amides is 1. The van der Waals surface area contributed by atoms with Crippen LogP contribution in [0.1, 0.15) is 34.0 Å². The zero-order valence-electron chi connectivity index (χ0n) is 21.1. The van der Waals surface area contributed by atoms with Gasteiger partial charge in [-0.05, 0) is 54.1 Å². The number of benzene rings is 3. The van der Waals surface area contributed by atoms with Crippen molar-refractivity contribution in [3.63, 3.8) is 0 Å². The molecule has 5 aromatic rings. The summed E-state index contributed by atoms with van der Waals surface area (Å²) in [4.78, 5) is 24.1. The first kappa shape index (κ1) is 25.7. The van der Waals surface area contributed by atoms with E-state index >= 15 is 0 Å². The predicted octanol–water partition coefficient (Wildman–Crippen LogP) is 8.18. The Morgan fingerprint density at radius 3 is 2.23 bits per heavy atom. The Balaban J connectivity index is 1.27. The van der Waals surface area contributed by atoms with Crippen LogP contribution in [0, 0.1) is 6.92 Å². The minimum absolute atomic E-state index is 0.158. The standard InChI is InChI=1S/C30H24N2O6S/c1-18-26(31-30(35)36-19(2)20-6-4-3-5-7-20)27(38-32-18)23-10-8-21(9-11-23)22-12-14-24(15-13-22)37-25-16-17-39-28(25)29(33)34/h3-17,19H,1-2H3,(H,31,35)(H,33,34)/t19-/m1/s1. The molecule has 3 aromatic carbocycles. The number of thiophene rings is 1. The minimum atomic E-state index is -1.02. The number of aromatic nitrogens is 1. The van der Waals surface area contributed by atoms with Crippen molar-refractivity contribution < 1.29 is 28.7 Å². The van der Waals surface area contributed by atoms with Gasteiger partial charge in [0.1, 0.15) is 23.2 Å². The maximum atomic E-state index is 12.6. The van der Waals surface area contributed by atoms with Gasteiger partial charge < -0.3 is 19.1 Å². The topological polar surface area (TPSA) is 111 Å². The highest BCUT2D eigenvalue weighted by molar-refractivity contribution is 7.12. The molecule has 0 aliphatic rings. The molecule has 0 spiro atoms. The number of nitrogens with zero attached hydrogens (tertiary/aromatic N) is 1. The van der Waals surface area contributed by atoms with Gasteiger partial charge in [0.15, 0.2) is 16.4 Å². The van der Waals surface area contributed by atoms with E-state index in [1.807, 2.05) is 73.7 Å². The third-order valence-electron chi connectivity index (χ3n) is 6.03. The molecule has 0 saturated carbocycles. The van der Waals surface area contributed by atoms with E-state index in [0.717, 1.165) is 33.6 Å². The number of anilines is 1. The molecule has 196 valence electrons. The quantitative estimate of drug-likeness (QED) is 0.204. The Morgan fingerprint density at radius 2 is 1.56 bits per heavy atom. The Hall–Kier alpha value is -4.89. The van der Waals surface area contributed by atoms with Crippen LogP contribution in [-0.2, 0) is 4.74 Å². The molecule has 0 radical (unpaired) electrons. The van der Waals surface area contributed by atoms with Crippen molar-refractivity contribution in [3.05, 3.63) is 106 Å². The number of carbonyl (C=O) groups excluding carboxylic acids is 1. The molecule has 0 aliphatic heterocycles. The lowest BCUT2D eigenvalue weighted by Crippen LogP contribution is -2.16. The Labute approximate surface area is 228 Å². The summed E-state index contributed by atoms with van der Waals surface area (Å²) in [5, 5.41) is 17.7. The molecule has 9 heteroatoms. The van der Waals surface area contributed by atoms with Crippen LogP contribution in [0.25, 0.3) is 22.5 Å². The van der Waals surface area contributed by atoms with E-state index in [2.05, 4.69) is 10.5 Å². The molecule has 0 saturated heterocycles. The van der Waals surface area contributed by atoms with Crippen molar-refractivity contribution in [1.82, 2.24) is 5.16 Å². The van der Waals surface area contributed by atoms with Gasteiger partial charge in [-0.15, -0.1) is 11.3 Å². The highest BCUT2D eigenvalue weighted by Crippen LogP contribution is 2.34. The first-order valence-corrected chi connectivity index (χ1v) is 13.0. The number of carboxylic acids is 1. The molecule has 1 atom stereocenters. The summed E-state index contributed by atoms with van der Waals surface area (Å²) in [6.45, 7) is 3.56. The summed E-state index contributed by atoms with van der Waals surface area (Å²) in [7, 11) is 0. The fraction of sp³-hybridized carbons (Fsp3) is 0.100. The van der Waals surface area contributed by atoms with Gasteiger partial charge >= 0.3 is 12.1 Å². The first-order valence-electron chi connectivity index (χ1n) is 12.1. The molecule has 0 fully saturated rings. The van der Waals surface area contributed by atoms with E-state index in [9.17, 15) is 14.7 Å². The van der Waals surface area contributed by atoms with Crippen LogP contribution in [0.2, 0.25) is 0 Å². The molecule has 1 amide bonds. The summed E-state index contributed by atoms with van der Waals surface area (Å²) in [6.07, 6.45) is -1.02. The maximum absolute atomic E-state index is 12.6. The molecule has 2 N–H and O–H groups in total. The predicted molar refractivity (Wildman–Crippen MR) is 148 cm³/mol. The number of nitrogens with one attached hydrogen (secondary N) is 1. The van der Waals surface area contributed by atoms with Crippen LogP contribution in [0.15, 0.2) is 94.8 Å². The largest absolute Gasteiger partial charge is 0.477 e. The monoisotopic (exact) mass is 540 g/mol. The number of carbonyl (C=O) groups is 2. The number of aromatic carboxylic acids is 1. The zero-order valence-corrected chi connectivity index (χ0v) is 21.9. The zero-order chi connectivity index (χ0) is 27.4. The van der Waals surface area contributed by atoms with Crippen molar-refractivity contribution in [2.75, 3.05) is 5.32 Å². The number of hydrogen-bond donors (Lipinski definition) is 2. The highest BCUT2D eigenvalue weighted by atomic mass is 32.1. The lowest BCUT2D eigenvalue weighted by molar-refractivity contribution is 0.0699. The van der Waals surface area contributed by atoms with Gasteiger partial charge in [0, 0.05) is 5.56 Å². The summed E-state index contributed by atoms with van der Waals surface area (Å²) in [5.41, 5.74) is 4.51. The summed E-state index contributed by atoms with van der Waals surface area (Å²) >= 11 is 1.12. The Bertz CT molecular complexity index is 1590. The molecule has 0 unspecified atom stereocenters. The minimum Gasteiger partial charge on any atom is -0.477 e. The van der Waals surface area contributed by atoms with Gasteiger partial charge in [-0.2, -0.15) is 0 Å². The molecule has 0 bridgehead atoms. The first-order chi connectivity index (χ1) is 18.9. The van der Waals surface area contributed by atoms with Crippen LogP contribution >= 0.6 is 11.3 Å². The Morgan fingerprint density at radius 1 is 0.923 bits per heavy atom. The van der Waals surface area contributed by atoms with Crippen molar-refractivity contribution in [2.24, 2.45) is 0 Å². The summed E-state index contributed by atoms with van der Waals surface area (Å²) < 4.78 is 16.8. The van der Waals surface area contributed by atoms with E-state index in [1.165, 1.54) is 0 Å². The van der Waals surface area contributed by atoms with Gasteiger partial charge in [0.2, 0.25) is 0 Å². The van der Waals surface area contributed by atoms with Gasteiger partial charge in [-0.3, -0.25) is 5.32 Å². The molecular weight excluding hydrogens is 516 g/mol. The molecular formula is C30H24N2O6S. The molecule has 8 nitrogen and oxygen atoms in total. The molecule has 2 aromatic heterocycles. The van der Waals surface area contributed by atoms with Crippen LogP contribution in [0.4, 0.5) is 10.5 Å². The van der Waals surface area contributed by atoms with E-state index in [1.54, 1.807) is 30.5 Å². The number of carboxylic acid groups (broad SMARTS) is 1. The third-order valence-corrected chi connectivity index (χ3v) is 6.91. The van der Waals surface area contributed by atoms with Gasteiger partial charge in [0.25, 0.3) is 0 Å². The van der Waals surface area contributed by atoms with E-state index in [4.69, 9.17) is 14.0 Å². The second-order valence-corrected chi connectivity index (χ2v) is 9.59. The van der Waals surface area contributed by atoms with Crippen molar-refractivity contribution in [2.45, 2.75) is 20.0 Å². The summed E-state index contributed by atoms with van der Waals surface area (Å²) in [5.74, 6) is 0.264. The van der Waals surface area contributed by atoms with E-state index in [0.29, 0.717) is 28.6 Å². The second kappa shape index (κ2) is 11.2. The molecule has 39 heavy (non-hydrogen) atoms. The smallest absolute Gasteiger partial charge is 0.412 e. The number of hydrogen-bond acceptors (Lipinski definition) is 7. The maximum Gasteiger partial charge on any atom is 0.412 e. The van der Waals surface area contributed by atoms with Gasteiger partial charge in [-0.1, -0.05) is 71.9 Å². The molecule has 0 aliphatic carbocycles. The van der Waals surface area contributed by atoms with Crippen LogP contribution in [0.3, 0.4) is 0 Å². The summed E-state index contributed by atoms with van der Waals surface area (Å²) in [6, 6.07) is 26.1. The van der Waals surface area contributed by atoms with E-state index < -0.39 is 18.2 Å². The van der Waals surface area contributed by atoms with Crippen LogP contribution in [0.5, 0.6) is 11.5 Å². The van der Waals surface area contributed by atoms with E-state index in [-0.39, 0.29) is 4.88 Å². The third kappa shape index (κ3) is 5.83. The number of rotatable bonds is 8. The fourth-order valence-electron chi connectivity index (χ4n) is 3.99. The Kier molecular flexibility index (Phi) is 7.42. The number of aryl methyl sites for hydroxylation is 1. The molecule has 5 rings (SSSR count). The fourth-order valence-corrected chi connectivity index (χ4v) is 4.64. The van der Waals surface area contributed by atoms with Gasteiger partial charge in [-0.25, -0.2) is 9.59 Å². The highest BCUT2D eigenvalue weighted by Gasteiger charge is 2.20.